The Bertz CT molecular complexity index is 1560. The van der Waals surface area contributed by atoms with Crippen LogP contribution < -0.4 is 5.32 Å². The number of pyridine rings is 1. The summed E-state index contributed by atoms with van der Waals surface area (Å²) >= 11 is 1.49. The smallest absolute Gasteiger partial charge is 0.232 e. The van der Waals surface area contributed by atoms with Gasteiger partial charge in [-0.1, -0.05) is 86.6 Å². The summed E-state index contributed by atoms with van der Waals surface area (Å²) < 4.78 is 0. The van der Waals surface area contributed by atoms with Crippen LogP contribution in [0.5, 0.6) is 0 Å². The summed E-state index contributed by atoms with van der Waals surface area (Å²) in [6.45, 7) is 4.12. The number of thiazole rings is 1. The molecule has 0 spiro atoms. The number of nitrogens with zero attached hydrogens (tertiary/aromatic N) is 2. The van der Waals surface area contributed by atoms with Crippen LogP contribution in [0.2, 0.25) is 0 Å². The van der Waals surface area contributed by atoms with Crippen molar-refractivity contribution >= 4 is 22.4 Å². The molecule has 0 aliphatic heterocycles. The van der Waals surface area contributed by atoms with E-state index in [2.05, 4.69) is 96.9 Å². The molecule has 6 rings (SSSR count). The zero-order valence-corrected chi connectivity index (χ0v) is 23.0. The molecular formula is C34H31N3OS. The van der Waals surface area contributed by atoms with Crippen LogP contribution in [0.25, 0.3) is 11.1 Å². The topological polar surface area (TPSA) is 54.9 Å². The molecule has 0 fully saturated rings. The molecule has 5 aromatic rings. The van der Waals surface area contributed by atoms with Crippen LogP contribution >= 0.6 is 11.3 Å². The predicted octanol–water partition coefficient (Wildman–Crippen LogP) is 7.69. The fourth-order valence-electron chi connectivity index (χ4n) is 5.70. The average molecular weight is 530 g/mol. The Morgan fingerprint density at radius 1 is 0.846 bits per heavy atom. The minimum absolute atomic E-state index is 0.0124. The number of hydrogen-bond donors (Lipinski definition) is 1. The first-order valence-corrected chi connectivity index (χ1v) is 14.3. The lowest BCUT2D eigenvalue weighted by molar-refractivity contribution is -0.124. The standard InChI is InChI=1S/C34H31N3OS/c1-34(2,31-29-9-5-3-7-26(29)15-16-27-8-4-6-10-30(27)31)32(38)37-33-36-28(22-39-33)21-23-11-13-24(14-12-23)25-17-19-35-20-18-25/h3-14,17-20,22,31H,15-16,21H2,1-2H3,(H,36,37,38). The fourth-order valence-corrected chi connectivity index (χ4v) is 6.41. The fraction of sp³-hybridized carbons (Fsp3) is 0.206. The average Bonchev–Trinajstić information content (AvgIpc) is 3.32. The molecule has 0 radical (unpaired) electrons. The van der Waals surface area contributed by atoms with Crippen molar-refractivity contribution in [2.24, 2.45) is 5.41 Å². The minimum atomic E-state index is -0.675. The van der Waals surface area contributed by atoms with Crippen molar-refractivity contribution in [3.63, 3.8) is 0 Å². The van der Waals surface area contributed by atoms with E-state index in [4.69, 9.17) is 4.98 Å². The van der Waals surface area contributed by atoms with Gasteiger partial charge in [-0.25, -0.2) is 4.98 Å². The normalized spacial score (nSPS) is 13.3. The lowest BCUT2D eigenvalue weighted by atomic mass is 9.69. The van der Waals surface area contributed by atoms with Crippen molar-refractivity contribution in [2.75, 3.05) is 5.32 Å². The second-order valence-electron chi connectivity index (χ2n) is 10.8. The van der Waals surface area contributed by atoms with Gasteiger partial charge in [-0.05, 0) is 63.9 Å². The van der Waals surface area contributed by atoms with Crippen LogP contribution in [-0.2, 0) is 24.1 Å². The number of anilines is 1. The van der Waals surface area contributed by atoms with E-state index in [0.29, 0.717) is 5.13 Å². The van der Waals surface area contributed by atoms with Gasteiger partial charge in [-0.3, -0.25) is 9.78 Å². The van der Waals surface area contributed by atoms with Crippen LogP contribution in [0, 0.1) is 5.41 Å². The predicted molar refractivity (Wildman–Crippen MR) is 159 cm³/mol. The van der Waals surface area contributed by atoms with E-state index in [-0.39, 0.29) is 11.8 Å². The molecule has 3 aromatic carbocycles. The van der Waals surface area contributed by atoms with Gasteiger partial charge in [0.25, 0.3) is 0 Å². The number of aromatic nitrogens is 2. The molecule has 39 heavy (non-hydrogen) atoms. The zero-order chi connectivity index (χ0) is 26.8. The quantitative estimate of drug-likeness (QED) is 0.245. The van der Waals surface area contributed by atoms with Gasteiger partial charge in [0.1, 0.15) is 0 Å². The second-order valence-corrected chi connectivity index (χ2v) is 11.6. The number of carbonyl (C=O) groups excluding carboxylic acids is 1. The highest BCUT2D eigenvalue weighted by Crippen LogP contribution is 2.46. The van der Waals surface area contributed by atoms with Gasteiger partial charge in [0.05, 0.1) is 11.1 Å². The summed E-state index contributed by atoms with van der Waals surface area (Å²) in [7, 11) is 0. The lowest BCUT2D eigenvalue weighted by Crippen LogP contribution is -2.37. The van der Waals surface area contributed by atoms with Crippen LogP contribution in [-0.4, -0.2) is 15.9 Å². The van der Waals surface area contributed by atoms with Gasteiger partial charge >= 0.3 is 0 Å². The van der Waals surface area contributed by atoms with Gasteiger partial charge in [0, 0.05) is 30.1 Å². The van der Waals surface area contributed by atoms with Crippen LogP contribution in [0.3, 0.4) is 0 Å². The highest BCUT2D eigenvalue weighted by Gasteiger charge is 2.41. The van der Waals surface area contributed by atoms with Gasteiger partial charge in [0.2, 0.25) is 5.91 Å². The molecular weight excluding hydrogens is 498 g/mol. The number of nitrogens with one attached hydrogen (secondary N) is 1. The van der Waals surface area contributed by atoms with Crippen molar-refractivity contribution in [1.29, 1.82) is 0 Å². The first-order valence-electron chi connectivity index (χ1n) is 13.4. The van der Waals surface area contributed by atoms with E-state index >= 15 is 0 Å². The summed E-state index contributed by atoms with van der Waals surface area (Å²) in [4.78, 5) is 22.7. The third kappa shape index (κ3) is 5.15. The molecule has 0 saturated carbocycles. The maximum Gasteiger partial charge on any atom is 0.232 e. The Hall–Kier alpha value is -4.09. The van der Waals surface area contributed by atoms with Crippen molar-refractivity contribution in [2.45, 2.75) is 39.0 Å². The van der Waals surface area contributed by atoms with Crippen LogP contribution in [0.1, 0.15) is 53.3 Å². The van der Waals surface area contributed by atoms with E-state index in [0.717, 1.165) is 36.1 Å². The highest BCUT2D eigenvalue weighted by molar-refractivity contribution is 7.13. The molecule has 4 nitrogen and oxygen atoms in total. The zero-order valence-electron chi connectivity index (χ0n) is 22.2. The summed E-state index contributed by atoms with van der Waals surface area (Å²) in [5.74, 6) is -0.0487. The van der Waals surface area contributed by atoms with Gasteiger partial charge in [0.15, 0.2) is 5.13 Å². The summed E-state index contributed by atoms with van der Waals surface area (Å²) in [5.41, 5.74) is 8.92. The van der Waals surface area contributed by atoms with E-state index in [1.807, 2.05) is 29.9 Å². The van der Waals surface area contributed by atoms with Gasteiger partial charge < -0.3 is 5.32 Å². The Morgan fingerprint density at radius 2 is 1.44 bits per heavy atom. The molecule has 1 N–H and O–H groups in total. The third-order valence-corrected chi connectivity index (χ3v) is 8.63. The monoisotopic (exact) mass is 529 g/mol. The van der Waals surface area contributed by atoms with Crippen molar-refractivity contribution < 1.29 is 4.79 Å². The molecule has 0 atom stereocenters. The molecule has 1 aliphatic rings. The molecule has 0 bridgehead atoms. The summed E-state index contributed by atoms with van der Waals surface area (Å²) in [5, 5.41) is 5.84. The maximum absolute atomic E-state index is 13.9. The Labute approximate surface area is 233 Å². The number of benzene rings is 3. The molecule has 0 unspecified atom stereocenters. The number of aryl methyl sites for hydroxylation is 2. The Morgan fingerprint density at radius 3 is 2.08 bits per heavy atom. The van der Waals surface area contributed by atoms with Crippen molar-refractivity contribution in [3.05, 3.63) is 136 Å². The molecule has 194 valence electrons. The Balaban J connectivity index is 1.20. The highest BCUT2D eigenvalue weighted by atomic mass is 32.1. The van der Waals surface area contributed by atoms with Crippen molar-refractivity contribution in [3.8, 4) is 11.1 Å². The lowest BCUT2D eigenvalue weighted by Gasteiger charge is -2.34. The van der Waals surface area contributed by atoms with Crippen LogP contribution in [0.4, 0.5) is 5.13 Å². The summed E-state index contributed by atoms with van der Waals surface area (Å²) in [6, 6.07) is 29.7. The number of rotatable bonds is 6. The van der Waals surface area contributed by atoms with Gasteiger partial charge in [-0.15, -0.1) is 11.3 Å². The molecule has 2 aromatic heterocycles. The second kappa shape index (κ2) is 10.6. The molecule has 5 heteroatoms. The molecule has 1 amide bonds. The molecule has 2 heterocycles. The minimum Gasteiger partial charge on any atom is -0.301 e. The SMILES string of the molecule is CC(C)(C(=O)Nc1nc(Cc2ccc(-c3ccncc3)cc2)cs1)C1c2ccccc2CCc2ccccc21. The van der Waals surface area contributed by atoms with Crippen molar-refractivity contribution in [1.82, 2.24) is 9.97 Å². The van der Waals surface area contributed by atoms with E-state index in [1.165, 1.54) is 39.2 Å². The summed E-state index contributed by atoms with van der Waals surface area (Å²) in [6.07, 6.45) is 6.31. The first kappa shape index (κ1) is 25.2. The molecule has 0 saturated heterocycles. The van der Waals surface area contributed by atoms with Gasteiger partial charge in [-0.2, -0.15) is 0 Å². The maximum atomic E-state index is 13.9. The number of amides is 1. The number of carbonyl (C=O) groups is 1. The number of hydrogen-bond acceptors (Lipinski definition) is 4. The largest absolute Gasteiger partial charge is 0.301 e. The van der Waals surface area contributed by atoms with E-state index in [1.54, 1.807) is 0 Å². The van der Waals surface area contributed by atoms with Crippen LogP contribution in [0.15, 0.2) is 103 Å². The molecule has 1 aliphatic carbocycles. The van der Waals surface area contributed by atoms with E-state index in [9.17, 15) is 4.79 Å². The van der Waals surface area contributed by atoms with E-state index < -0.39 is 5.41 Å². The Kier molecular flexibility index (Phi) is 6.84. The first-order chi connectivity index (χ1) is 19.0. The third-order valence-electron chi connectivity index (χ3n) is 7.83. The number of fused-ring (bicyclic) bond motifs is 2.